The van der Waals surface area contributed by atoms with Gasteiger partial charge in [-0.05, 0) is 102 Å². The third-order valence-corrected chi connectivity index (χ3v) is 4.56. The summed E-state index contributed by atoms with van der Waals surface area (Å²) in [5.41, 5.74) is 6.86. The van der Waals surface area contributed by atoms with Gasteiger partial charge in [0.2, 0.25) is 17.5 Å². The molecule has 0 aliphatic heterocycles. The highest BCUT2D eigenvalue weighted by molar-refractivity contribution is 6.66. The van der Waals surface area contributed by atoms with Crippen LogP contribution in [0.3, 0.4) is 0 Å². The number of nitrogen functional groups attached to an aromatic ring is 1. The predicted octanol–water partition coefficient (Wildman–Crippen LogP) is 4.59. The molecule has 0 spiro atoms. The van der Waals surface area contributed by atoms with Gasteiger partial charge in [-0.15, -0.1) is 15.5 Å². The number of halogens is 3. The van der Waals surface area contributed by atoms with Gasteiger partial charge in [-0.25, -0.2) is 19.3 Å². The average Bonchev–Trinajstić information content (AvgIpc) is 3.54. The number of hydrogen-bond donors (Lipinski definition) is 1. The Morgan fingerprint density at radius 3 is 1.80 bits per heavy atom. The number of nitrogens with two attached hydrogens (primary N) is 1. The van der Waals surface area contributed by atoms with Gasteiger partial charge in [0.05, 0.1) is 12.1 Å². The molecule has 0 bridgehead atoms. The van der Waals surface area contributed by atoms with Crippen LogP contribution in [0.1, 0.15) is 54.1 Å². The number of ether oxygens (including phenoxy) is 2. The number of hydrogen-bond acceptors (Lipinski definition) is 13. The molecule has 4 heterocycles. The van der Waals surface area contributed by atoms with Crippen LogP contribution >= 0.6 is 34.8 Å². The number of nitrogens with zero attached hydrogens (tertiary/aromatic N) is 11. The molecule has 0 saturated heterocycles. The monoisotopic (exact) mass is 626 g/mol. The Morgan fingerprint density at radius 1 is 0.927 bits per heavy atom. The lowest BCUT2D eigenvalue weighted by Gasteiger charge is -2.08. The second kappa shape index (κ2) is 16.2. The molecule has 15 nitrogen and oxygen atoms in total. The Kier molecular flexibility index (Phi) is 13.8. The van der Waals surface area contributed by atoms with Crippen molar-refractivity contribution in [2.24, 2.45) is 0 Å². The van der Waals surface area contributed by atoms with Gasteiger partial charge >= 0.3 is 9.95 Å². The molecule has 41 heavy (non-hydrogen) atoms. The maximum absolute atomic E-state index is 9.98. The van der Waals surface area contributed by atoms with Crippen LogP contribution in [-0.2, 0) is 9.53 Å². The number of anilines is 1. The van der Waals surface area contributed by atoms with Crippen LogP contribution in [0.15, 0.2) is 36.4 Å². The van der Waals surface area contributed by atoms with Gasteiger partial charge in [-0.1, -0.05) is 19.6 Å². The maximum atomic E-state index is 9.98. The van der Waals surface area contributed by atoms with Crippen LogP contribution in [0, 0.1) is 11.5 Å². The Morgan fingerprint density at radius 2 is 1.41 bits per heavy atom. The number of alkyl halides is 3. The first-order valence-corrected chi connectivity index (χ1v) is 12.5. The largest absolute Gasteiger partial charge is 0.415 e. The van der Waals surface area contributed by atoms with Crippen LogP contribution < -0.4 is 10.5 Å². The molecular weight excluding hydrogens is 599 g/mol. The molecule has 0 saturated carbocycles. The number of pyridine rings is 2. The third-order valence-electron chi connectivity index (χ3n) is 4.33. The van der Waals surface area contributed by atoms with E-state index in [9.17, 15) is 4.79 Å². The molecule has 0 fully saturated rings. The Hall–Kier alpha value is -4.13. The fourth-order valence-corrected chi connectivity index (χ4v) is 3.13. The minimum Gasteiger partial charge on any atom is -0.415 e. The second-order valence-corrected chi connectivity index (χ2v) is 10.3. The first-order valence-electron chi connectivity index (χ1n) is 11.4. The first kappa shape index (κ1) is 34.9. The molecule has 4 aromatic rings. The van der Waals surface area contributed by atoms with Crippen molar-refractivity contribution in [2.45, 2.75) is 58.1 Å². The van der Waals surface area contributed by atoms with E-state index < -0.39 is 9.95 Å². The number of aromatic nitrogens is 10. The molecule has 0 radical (unpaired) electrons. The third kappa shape index (κ3) is 11.5. The summed E-state index contributed by atoms with van der Waals surface area (Å²) in [6.07, 6.45) is 1.57. The van der Waals surface area contributed by atoms with Crippen molar-refractivity contribution in [3.63, 3.8) is 0 Å². The van der Waals surface area contributed by atoms with Crippen molar-refractivity contribution in [1.29, 1.82) is 5.26 Å². The first-order chi connectivity index (χ1) is 18.8. The number of nitriles is 1. The maximum Gasteiger partial charge on any atom is 0.340 e. The fourth-order valence-electron chi connectivity index (χ4n) is 2.80. The van der Waals surface area contributed by atoms with Gasteiger partial charge < -0.3 is 15.2 Å². The number of rotatable bonds is 5. The molecule has 18 heteroatoms. The summed E-state index contributed by atoms with van der Waals surface area (Å²) in [7, 11) is 0. The molecular formula is C23H29Cl3N12O3. The smallest absolute Gasteiger partial charge is 0.340 e. The lowest BCUT2D eigenvalue weighted by molar-refractivity contribution is -0.141. The quantitative estimate of drug-likeness (QED) is 0.183. The van der Waals surface area contributed by atoms with E-state index in [0.29, 0.717) is 28.9 Å². The molecule has 4 rings (SSSR count). The average molecular weight is 628 g/mol. The lowest BCUT2D eigenvalue weighted by Crippen LogP contribution is -2.12. The molecule has 0 unspecified atom stereocenters. The van der Waals surface area contributed by atoms with Crippen molar-refractivity contribution in [1.82, 2.24) is 50.4 Å². The summed E-state index contributed by atoms with van der Waals surface area (Å²) in [5.74, 6) is 1.25. The van der Waals surface area contributed by atoms with E-state index >= 15 is 0 Å². The molecule has 0 aliphatic rings. The summed E-state index contributed by atoms with van der Waals surface area (Å²) < 4.78 is 10.2. The fraction of sp³-hybridized carbons (Fsp3) is 0.391. The summed E-state index contributed by atoms with van der Waals surface area (Å²) in [6.45, 7) is 9.10. The van der Waals surface area contributed by atoms with E-state index in [-0.39, 0.29) is 25.4 Å². The normalized spacial score (nSPS) is 10.4. The molecule has 0 amide bonds. The van der Waals surface area contributed by atoms with E-state index in [1.54, 1.807) is 39.9 Å². The molecule has 2 N–H and O–H groups in total. The summed E-state index contributed by atoms with van der Waals surface area (Å²) >= 11 is 15.0. The van der Waals surface area contributed by atoms with Gasteiger partial charge in [-0.3, -0.25) is 4.79 Å². The van der Waals surface area contributed by atoms with Crippen LogP contribution in [0.25, 0.3) is 23.0 Å². The summed E-state index contributed by atoms with van der Waals surface area (Å²) in [6, 6.07) is 10.8. The minimum atomic E-state index is -1.91. The zero-order valence-electron chi connectivity index (χ0n) is 22.0. The number of carbonyl (C=O) groups is 1. The van der Waals surface area contributed by atoms with Crippen LogP contribution in [0.2, 0.25) is 0 Å². The van der Waals surface area contributed by atoms with Gasteiger partial charge in [0.25, 0.3) is 6.26 Å². The SMILES string of the molecule is C.CC(=O)OC(Cl)(Cl)Cl.CC(C)n1nnnc1-c1cccc(N)n1.CC(C)n1nnnc1-c1cccc(OC#N)n1. The van der Waals surface area contributed by atoms with E-state index in [4.69, 9.17) is 45.8 Å². The Balaban J connectivity index is 0.000000323. The van der Waals surface area contributed by atoms with Crippen LogP contribution in [0.4, 0.5) is 5.82 Å². The van der Waals surface area contributed by atoms with Crippen molar-refractivity contribution < 1.29 is 14.3 Å². The number of esters is 1. The highest BCUT2D eigenvalue weighted by Gasteiger charge is 2.22. The lowest BCUT2D eigenvalue weighted by atomic mass is 10.3. The van der Waals surface area contributed by atoms with Crippen molar-refractivity contribution in [2.75, 3.05) is 5.73 Å². The second-order valence-electron chi connectivity index (χ2n) is 8.12. The Bertz CT molecular complexity index is 1430. The van der Waals surface area contributed by atoms with Gasteiger partial charge in [0.1, 0.15) is 17.2 Å². The number of tetrazole rings is 2. The van der Waals surface area contributed by atoms with Crippen molar-refractivity contribution in [3.05, 3.63) is 36.4 Å². The Labute approximate surface area is 251 Å². The molecule has 0 atom stereocenters. The zero-order valence-corrected chi connectivity index (χ0v) is 24.2. The zero-order chi connectivity index (χ0) is 29.9. The van der Waals surface area contributed by atoms with Gasteiger partial charge in [0, 0.05) is 13.0 Å². The topological polar surface area (TPSA) is 198 Å². The standard InChI is InChI=1S/C10H10N6O.C9H12N6.C3H3Cl3O2.CH4/c1-7(2)16-10(13-14-15-16)8-4-3-5-9(12-8)17-6-11;1-6(2)15-9(12-13-14-15)7-4-3-5-8(10)11-7;1-2(7)8-3(4,5)6;/h3-5,7H,1-2H3;3-6H,1-2H3,(H2,10,11);1H3;1H4. The van der Waals surface area contributed by atoms with Crippen molar-refractivity contribution >= 4 is 46.6 Å². The number of carbonyl (C=O) groups excluding carboxylic acids is 1. The molecule has 220 valence electrons. The van der Waals surface area contributed by atoms with E-state index in [1.807, 2.05) is 39.8 Å². The van der Waals surface area contributed by atoms with Crippen LogP contribution in [0.5, 0.6) is 5.88 Å². The predicted molar refractivity (Wildman–Crippen MR) is 152 cm³/mol. The summed E-state index contributed by atoms with van der Waals surface area (Å²) in [5, 5.41) is 31.3. The highest BCUT2D eigenvalue weighted by atomic mass is 35.6. The van der Waals surface area contributed by atoms with Crippen molar-refractivity contribution in [3.8, 4) is 35.2 Å². The van der Waals surface area contributed by atoms with E-state index in [1.165, 1.54) is 0 Å². The van der Waals surface area contributed by atoms with E-state index in [0.717, 1.165) is 6.92 Å². The van der Waals surface area contributed by atoms with Crippen LogP contribution in [-0.4, -0.2) is 60.3 Å². The summed E-state index contributed by atoms with van der Waals surface area (Å²) in [4.78, 5) is 18.3. The molecule has 4 aromatic heterocycles. The molecule has 0 aliphatic carbocycles. The van der Waals surface area contributed by atoms with Gasteiger partial charge in [-0.2, -0.15) is 0 Å². The van der Waals surface area contributed by atoms with E-state index in [2.05, 4.69) is 50.5 Å². The molecule has 0 aromatic carbocycles. The van der Waals surface area contributed by atoms with Gasteiger partial charge in [0.15, 0.2) is 0 Å². The highest BCUT2D eigenvalue weighted by Crippen LogP contribution is 2.27. The minimum absolute atomic E-state index is 0.